The van der Waals surface area contributed by atoms with Crippen LogP contribution in [0.4, 0.5) is 0 Å². The highest BCUT2D eigenvalue weighted by Gasteiger charge is 2.18. The van der Waals surface area contributed by atoms with Crippen LogP contribution in [-0.4, -0.2) is 20.8 Å². The lowest BCUT2D eigenvalue weighted by molar-refractivity contribution is -0.132. The van der Waals surface area contributed by atoms with E-state index in [1.807, 2.05) is 59.5 Å². The van der Waals surface area contributed by atoms with Crippen LogP contribution in [-0.2, 0) is 24.3 Å². The average molecular weight is 510 g/mol. The molecule has 2 heterocycles. The van der Waals surface area contributed by atoms with Crippen LogP contribution in [0.3, 0.4) is 0 Å². The van der Waals surface area contributed by atoms with E-state index in [1.54, 1.807) is 0 Å². The van der Waals surface area contributed by atoms with Crippen molar-refractivity contribution in [3.63, 3.8) is 0 Å². The SMILES string of the molecule is O=C(CCCc1c(-c2ccc3ccccc3n2)[nH]c2ccccc12)N(Cc1ccccc1)Cc1ccccc1. The van der Waals surface area contributed by atoms with Crippen molar-refractivity contribution >= 4 is 27.7 Å². The number of pyridine rings is 1. The number of hydrogen-bond donors (Lipinski definition) is 1. The zero-order chi connectivity index (χ0) is 26.4. The summed E-state index contributed by atoms with van der Waals surface area (Å²) >= 11 is 0. The Bertz CT molecular complexity index is 1660. The predicted octanol–water partition coefficient (Wildman–Crippen LogP) is 7.93. The quantitative estimate of drug-likeness (QED) is 0.215. The van der Waals surface area contributed by atoms with Crippen molar-refractivity contribution < 1.29 is 4.79 Å². The van der Waals surface area contributed by atoms with Gasteiger partial charge in [0.1, 0.15) is 0 Å². The molecule has 6 rings (SSSR count). The molecular formula is C35H31N3O. The van der Waals surface area contributed by atoms with Gasteiger partial charge in [-0.15, -0.1) is 0 Å². The van der Waals surface area contributed by atoms with Gasteiger partial charge >= 0.3 is 0 Å². The van der Waals surface area contributed by atoms with Gasteiger partial charge in [-0.3, -0.25) is 4.79 Å². The highest BCUT2D eigenvalue weighted by Crippen LogP contribution is 2.31. The summed E-state index contributed by atoms with van der Waals surface area (Å²) in [6.45, 7) is 1.21. The minimum absolute atomic E-state index is 0.174. The number of hydrogen-bond acceptors (Lipinski definition) is 2. The van der Waals surface area contributed by atoms with E-state index in [2.05, 4.69) is 71.7 Å². The molecule has 4 nitrogen and oxygen atoms in total. The lowest BCUT2D eigenvalue weighted by Gasteiger charge is -2.23. The molecule has 1 N–H and O–H groups in total. The van der Waals surface area contributed by atoms with Crippen molar-refractivity contribution in [1.82, 2.24) is 14.9 Å². The number of aromatic amines is 1. The average Bonchev–Trinajstić information content (AvgIpc) is 3.36. The summed E-state index contributed by atoms with van der Waals surface area (Å²) in [4.78, 5) is 24.1. The molecule has 2 aromatic heterocycles. The number of benzene rings is 4. The van der Waals surface area contributed by atoms with Gasteiger partial charge in [-0.05, 0) is 47.7 Å². The second-order valence-corrected chi connectivity index (χ2v) is 9.99. The van der Waals surface area contributed by atoms with Crippen LogP contribution in [0.1, 0.15) is 29.5 Å². The molecule has 0 fully saturated rings. The van der Waals surface area contributed by atoms with E-state index >= 15 is 0 Å². The molecule has 4 heteroatoms. The van der Waals surface area contributed by atoms with Gasteiger partial charge in [-0.2, -0.15) is 0 Å². The Kier molecular flexibility index (Phi) is 7.17. The topological polar surface area (TPSA) is 49.0 Å². The first-order valence-corrected chi connectivity index (χ1v) is 13.6. The van der Waals surface area contributed by atoms with Gasteiger partial charge < -0.3 is 9.88 Å². The van der Waals surface area contributed by atoms with E-state index in [9.17, 15) is 4.79 Å². The molecule has 0 spiro atoms. The van der Waals surface area contributed by atoms with Crippen LogP contribution in [0.25, 0.3) is 33.2 Å². The number of H-pyrrole nitrogens is 1. The standard InChI is InChI=1S/C35H31N3O/c39-34(38(24-26-12-3-1-4-13-26)25-27-14-5-2-6-15-27)21-11-18-30-29-17-8-10-20-32(29)37-35(30)33-23-22-28-16-7-9-19-31(28)36-33/h1-10,12-17,19-20,22-23,37H,11,18,21,24-25H2. The summed E-state index contributed by atoms with van der Waals surface area (Å²) < 4.78 is 0. The summed E-state index contributed by atoms with van der Waals surface area (Å²) in [6, 6.07) is 41.3. The Labute approximate surface area is 229 Å². The fourth-order valence-corrected chi connectivity index (χ4v) is 5.30. The summed E-state index contributed by atoms with van der Waals surface area (Å²) in [7, 11) is 0. The van der Waals surface area contributed by atoms with Crippen molar-refractivity contribution in [2.75, 3.05) is 0 Å². The molecule has 0 atom stereocenters. The van der Waals surface area contributed by atoms with Gasteiger partial charge in [-0.25, -0.2) is 4.98 Å². The minimum Gasteiger partial charge on any atom is -0.353 e. The molecule has 39 heavy (non-hydrogen) atoms. The van der Waals surface area contributed by atoms with Gasteiger partial charge in [0.25, 0.3) is 0 Å². The van der Waals surface area contributed by atoms with Crippen LogP contribution in [0.5, 0.6) is 0 Å². The van der Waals surface area contributed by atoms with Gasteiger partial charge in [0.15, 0.2) is 0 Å². The lowest BCUT2D eigenvalue weighted by atomic mass is 10.0. The van der Waals surface area contributed by atoms with Gasteiger partial charge in [0, 0.05) is 35.8 Å². The Hall–Kier alpha value is -4.70. The van der Waals surface area contributed by atoms with Crippen LogP contribution in [0.2, 0.25) is 0 Å². The molecule has 0 aliphatic heterocycles. The normalized spacial score (nSPS) is 11.2. The zero-order valence-electron chi connectivity index (χ0n) is 21.9. The van der Waals surface area contributed by atoms with E-state index in [4.69, 9.17) is 4.98 Å². The summed E-state index contributed by atoms with van der Waals surface area (Å²) in [5.74, 6) is 0.174. The zero-order valence-corrected chi connectivity index (χ0v) is 21.9. The Morgan fingerprint density at radius 1 is 0.692 bits per heavy atom. The maximum atomic E-state index is 13.6. The van der Waals surface area contributed by atoms with Crippen LogP contribution < -0.4 is 0 Å². The highest BCUT2D eigenvalue weighted by molar-refractivity contribution is 5.91. The smallest absolute Gasteiger partial charge is 0.223 e. The molecule has 1 amide bonds. The fraction of sp³-hybridized carbons (Fsp3) is 0.143. The predicted molar refractivity (Wildman–Crippen MR) is 159 cm³/mol. The van der Waals surface area contributed by atoms with E-state index in [0.29, 0.717) is 19.5 Å². The molecule has 0 unspecified atom stereocenters. The van der Waals surface area contributed by atoms with E-state index < -0.39 is 0 Å². The number of nitrogens with zero attached hydrogens (tertiary/aromatic N) is 2. The third-order valence-corrected chi connectivity index (χ3v) is 7.27. The van der Waals surface area contributed by atoms with Gasteiger partial charge in [0.05, 0.1) is 16.9 Å². The van der Waals surface area contributed by atoms with Crippen LogP contribution in [0, 0.1) is 0 Å². The summed E-state index contributed by atoms with van der Waals surface area (Å²) in [5.41, 5.74) is 7.55. The number of nitrogens with one attached hydrogen (secondary N) is 1. The van der Waals surface area contributed by atoms with Crippen LogP contribution in [0.15, 0.2) is 121 Å². The second-order valence-electron chi connectivity index (χ2n) is 9.99. The molecule has 0 saturated heterocycles. The van der Waals surface area contributed by atoms with Crippen molar-refractivity contribution in [3.05, 3.63) is 138 Å². The van der Waals surface area contributed by atoms with E-state index in [1.165, 1.54) is 10.9 Å². The number of carbonyl (C=O) groups is 1. The first-order valence-electron chi connectivity index (χ1n) is 13.6. The highest BCUT2D eigenvalue weighted by atomic mass is 16.2. The van der Waals surface area contributed by atoms with Crippen LogP contribution >= 0.6 is 0 Å². The molecular weight excluding hydrogens is 478 g/mol. The molecule has 0 saturated carbocycles. The van der Waals surface area contributed by atoms with E-state index in [0.717, 1.165) is 51.8 Å². The maximum absolute atomic E-state index is 13.6. The molecule has 0 aliphatic rings. The van der Waals surface area contributed by atoms with Crippen molar-refractivity contribution in [2.45, 2.75) is 32.4 Å². The molecule has 192 valence electrons. The number of aromatic nitrogens is 2. The first-order chi connectivity index (χ1) is 19.2. The Balaban J connectivity index is 1.23. The third-order valence-electron chi connectivity index (χ3n) is 7.27. The van der Waals surface area contributed by atoms with E-state index in [-0.39, 0.29) is 5.91 Å². The number of fused-ring (bicyclic) bond motifs is 2. The van der Waals surface area contributed by atoms with Gasteiger partial charge in [0.2, 0.25) is 5.91 Å². The second kappa shape index (κ2) is 11.4. The largest absolute Gasteiger partial charge is 0.353 e. The third kappa shape index (κ3) is 5.60. The molecule has 0 radical (unpaired) electrons. The first kappa shape index (κ1) is 24.6. The Morgan fingerprint density at radius 2 is 1.33 bits per heavy atom. The van der Waals surface area contributed by atoms with Crippen molar-refractivity contribution in [2.24, 2.45) is 0 Å². The number of aryl methyl sites for hydroxylation is 1. The van der Waals surface area contributed by atoms with Gasteiger partial charge in [-0.1, -0.05) is 103 Å². The van der Waals surface area contributed by atoms with Crippen molar-refractivity contribution in [3.8, 4) is 11.4 Å². The molecule has 0 aliphatic carbocycles. The fourth-order valence-electron chi connectivity index (χ4n) is 5.30. The number of para-hydroxylation sites is 2. The Morgan fingerprint density at radius 3 is 2.08 bits per heavy atom. The number of rotatable bonds is 9. The molecule has 6 aromatic rings. The summed E-state index contributed by atoms with van der Waals surface area (Å²) in [5, 5.41) is 2.32. The number of carbonyl (C=O) groups excluding carboxylic acids is 1. The molecule has 0 bridgehead atoms. The monoisotopic (exact) mass is 509 g/mol. The molecule has 4 aromatic carbocycles. The summed E-state index contributed by atoms with van der Waals surface area (Å²) in [6.07, 6.45) is 2.05. The maximum Gasteiger partial charge on any atom is 0.223 e. The number of amides is 1. The lowest BCUT2D eigenvalue weighted by Crippen LogP contribution is -2.30. The van der Waals surface area contributed by atoms with Crippen molar-refractivity contribution in [1.29, 1.82) is 0 Å². The minimum atomic E-state index is 0.174.